The fraction of sp³-hybridized carbons (Fsp3) is 0. The molecule has 0 aliphatic carbocycles. The first kappa shape index (κ1) is 29.5. The van der Waals surface area contributed by atoms with Crippen LogP contribution in [0.15, 0.2) is 0 Å². The van der Waals surface area contributed by atoms with Crippen LogP contribution < -0.4 is 15.3 Å². The molecular weight excluding hydrogens is 506 g/mol. The van der Waals surface area contributed by atoms with Crippen molar-refractivity contribution < 1.29 is 101 Å². The molecule has 72 valence electrons. The van der Waals surface area contributed by atoms with Gasteiger partial charge in [-0.3, -0.25) is 0 Å². The van der Waals surface area contributed by atoms with E-state index >= 15 is 0 Å². The number of rotatable bonds is 0. The van der Waals surface area contributed by atoms with Gasteiger partial charge in [-0.1, -0.05) is 15.9 Å². The second-order valence-corrected chi connectivity index (χ2v) is 1.75. The molecule has 0 atom stereocenters. The Morgan fingerprint density at radius 3 is 0.643 bits per heavy atom. The fourth-order valence-corrected chi connectivity index (χ4v) is 0. The van der Waals surface area contributed by atoms with Gasteiger partial charge in [-0.15, -0.1) is 0 Å². The molecule has 0 aromatic carbocycles. The largest absolute Gasteiger partial charge is 3.00 e. The number of carbonyl (C=O) groups excluding carboxylic acids is 3. The second kappa shape index (κ2) is 23.9. The maximum absolute atomic E-state index is 8.70. The van der Waals surface area contributed by atoms with Crippen LogP contribution in [0.2, 0.25) is 0 Å². The van der Waals surface area contributed by atoms with Gasteiger partial charge in [0, 0.05) is 0 Å². The summed E-state index contributed by atoms with van der Waals surface area (Å²) in [6.45, 7) is 0. The van der Waals surface area contributed by atoms with Crippen molar-refractivity contribution in [3.63, 3.8) is 0 Å². The average molecular weight is 506 g/mol. The van der Waals surface area contributed by atoms with E-state index in [1.165, 1.54) is 0 Å². The van der Waals surface area contributed by atoms with Gasteiger partial charge in [0.05, 0.1) is 0 Å². The predicted molar refractivity (Wildman–Crippen MR) is 38.3 cm³/mol. The smallest absolute Gasteiger partial charge is 0.764 e. The Labute approximate surface area is 152 Å². The van der Waals surface area contributed by atoms with E-state index in [2.05, 4.69) is 37.9 Å². The fourth-order valence-electron chi connectivity index (χ4n) is 0. The van der Waals surface area contributed by atoms with E-state index in [9.17, 15) is 0 Å². The quantitative estimate of drug-likeness (QED) is 0.311. The Hall–Kier alpha value is 1.46. The summed E-state index contributed by atoms with van der Waals surface area (Å²) in [4.78, 5) is 26.1. The molecular formula is C3La2O6S3. The van der Waals surface area contributed by atoms with E-state index in [1.54, 1.807) is 0 Å². The van der Waals surface area contributed by atoms with Crippen LogP contribution in [0.25, 0.3) is 0 Å². The zero-order chi connectivity index (χ0) is 10.7. The normalized spacial score (nSPS) is 5.14. The molecule has 14 heavy (non-hydrogen) atoms. The molecule has 0 aromatic heterocycles. The van der Waals surface area contributed by atoms with E-state index in [0.29, 0.717) is 0 Å². The minimum absolute atomic E-state index is 0. The molecule has 0 radical (unpaired) electrons. The van der Waals surface area contributed by atoms with Crippen LogP contribution in [-0.2, 0) is 37.9 Å². The van der Waals surface area contributed by atoms with Crippen molar-refractivity contribution in [3.05, 3.63) is 0 Å². The van der Waals surface area contributed by atoms with Crippen LogP contribution in [0.5, 0.6) is 0 Å². The standard InChI is InChI=1S/3CH2O2S.2La/c3*2-1(3)4;;/h3*4H,(H,2,3);;/q;;;2*+3/p-6. The molecule has 0 amide bonds. The summed E-state index contributed by atoms with van der Waals surface area (Å²) < 4.78 is 0. The van der Waals surface area contributed by atoms with Crippen LogP contribution in [0.1, 0.15) is 0 Å². The first-order chi connectivity index (χ1) is 5.20. The molecule has 0 aliphatic heterocycles. The maximum atomic E-state index is 8.70. The van der Waals surface area contributed by atoms with Crippen LogP contribution in [0.3, 0.4) is 0 Å². The van der Waals surface area contributed by atoms with Crippen molar-refractivity contribution in [2.24, 2.45) is 0 Å². The molecule has 0 unspecified atom stereocenters. The number of carboxylic acid groups (broad SMARTS) is 3. The third kappa shape index (κ3) is 981. The molecule has 0 aromatic rings. The van der Waals surface area contributed by atoms with Gasteiger partial charge in [-0.2, -0.15) is 0 Å². The van der Waals surface area contributed by atoms with Crippen LogP contribution >= 0.6 is 0 Å². The van der Waals surface area contributed by atoms with Crippen molar-refractivity contribution in [1.29, 1.82) is 0 Å². The van der Waals surface area contributed by atoms with Crippen molar-refractivity contribution in [2.75, 3.05) is 0 Å². The molecule has 0 rings (SSSR count). The first-order valence-corrected chi connectivity index (χ1v) is 3.06. The van der Waals surface area contributed by atoms with E-state index in [-0.39, 0.29) is 71.2 Å². The summed E-state index contributed by atoms with van der Waals surface area (Å²) in [5.74, 6) is 0. The Morgan fingerprint density at radius 1 is 0.643 bits per heavy atom. The van der Waals surface area contributed by atoms with E-state index in [4.69, 9.17) is 29.7 Å². The van der Waals surface area contributed by atoms with Crippen LogP contribution in [0.4, 0.5) is 14.4 Å². The minimum atomic E-state index is -1.50. The third-order valence-electron chi connectivity index (χ3n) is 0. The Kier molecular flexibility index (Phi) is 50.5. The van der Waals surface area contributed by atoms with Gasteiger partial charge in [0.2, 0.25) is 0 Å². The summed E-state index contributed by atoms with van der Waals surface area (Å²) in [7, 11) is 0. The first-order valence-electron chi connectivity index (χ1n) is 1.84. The van der Waals surface area contributed by atoms with Gasteiger partial charge in [0.25, 0.3) is 0 Å². The number of hydrogen-bond acceptors (Lipinski definition) is 9. The molecule has 0 heterocycles. The summed E-state index contributed by atoms with van der Waals surface area (Å²) in [6.07, 6.45) is 0. The molecule has 6 nitrogen and oxygen atoms in total. The SMILES string of the molecule is O=C([O-])[S-].O=C([O-])[S-].O=C([O-])[S-].[La+3].[La+3]. The van der Waals surface area contributed by atoms with Crippen LogP contribution in [0, 0.1) is 71.2 Å². The molecule has 0 N–H and O–H groups in total. The third-order valence-corrected chi connectivity index (χ3v) is 0. The molecule has 0 saturated carbocycles. The van der Waals surface area contributed by atoms with E-state index < -0.39 is 15.9 Å². The van der Waals surface area contributed by atoms with Crippen molar-refractivity contribution in [2.45, 2.75) is 0 Å². The topological polar surface area (TPSA) is 120 Å². The zero-order valence-corrected chi connectivity index (χ0v) is 16.0. The van der Waals surface area contributed by atoms with Gasteiger partial charge in [0.1, 0.15) is 0 Å². The van der Waals surface area contributed by atoms with Crippen LogP contribution in [-0.4, -0.2) is 15.9 Å². The molecule has 0 fully saturated rings. The van der Waals surface area contributed by atoms with Crippen molar-refractivity contribution in [3.8, 4) is 0 Å². The molecule has 11 heteroatoms. The monoisotopic (exact) mass is 506 g/mol. The van der Waals surface area contributed by atoms with E-state index in [1.807, 2.05) is 0 Å². The Bertz CT molecular complexity index is 124. The van der Waals surface area contributed by atoms with Gasteiger partial charge in [-0.05, 0) is 0 Å². The summed E-state index contributed by atoms with van der Waals surface area (Å²) in [6, 6.07) is 0. The minimum Gasteiger partial charge on any atom is -0.764 e. The summed E-state index contributed by atoms with van der Waals surface area (Å²) in [5, 5.41) is 21.6. The van der Waals surface area contributed by atoms with E-state index in [0.717, 1.165) is 0 Å². The van der Waals surface area contributed by atoms with Crippen molar-refractivity contribution >= 4 is 53.8 Å². The van der Waals surface area contributed by atoms with Gasteiger partial charge < -0.3 is 67.6 Å². The summed E-state index contributed by atoms with van der Waals surface area (Å²) in [5.41, 5.74) is 0. The second-order valence-electron chi connectivity index (χ2n) is 0.750. The Balaban J connectivity index is -0.0000000270. The van der Waals surface area contributed by atoms with Crippen molar-refractivity contribution in [1.82, 2.24) is 0 Å². The molecule has 0 aliphatic rings. The molecule has 0 spiro atoms. The number of hydrogen-bond donors (Lipinski definition) is 0. The maximum Gasteiger partial charge on any atom is 3.00 e. The zero-order valence-electron chi connectivity index (χ0n) is 6.33. The summed E-state index contributed by atoms with van der Waals surface area (Å²) >= 11 is 10.3. The molecule has 0 saturated heterocycles. The predicted octanol–water partition coefficient (Wildman–Crippen LogP) is -3.37. The average Bonchev–Trinajstić information content (AvgIpc) is 1.54. The van der Waals surface area contributed by atoms with Gasteiger partial charge in [-0.25, -0.2) is 0 Å². The van der Waals surface area contributed by atoms with Gasteiger partial charge in [0.15, 0.2) is 0 Å². The Morgan fingerprint density at radius 2 is 0.643 bits per heavy atom. The van der Waals surface area contributed by atoms with Gasteiger partial charge >= 0.3 is 71.2 Å². The number of carbonyl (C=O) groups is 3. The molecule has 0 bridgehead atoms.